The van der Waals surface area contributed by atoms with E-state index in [2.05, 4.69) is 21.6 Å². The van der Waals surface area contributed by atoms with Gasteiger partial charge in [0.25, 0.3) is 11.7 Å². The first-order valence-corrected chi connectivity index (χ1v) is 14.2. The van der Waals surface area contributed by atoms with Crippen molar-refractivity contribution in [2.75, 3.05) is 28.2 Å². The fraction of sp³-hybridized carbons (Fsp3) is 0.324. The molecule has 1 aromatic heterocycles. The van der Waals surface area contributed by atoms with Gasteiger partial charge < -0.3 is 25.0 Å². The maximum absolute atomic E-state index is 14.4. The number of amides is 3. The summed E-state index contributed by atoms with van der Waals surface area (Å²) < 4.78 is 5.55. The average molecular weight is 595 g/mol. The first kappa shape index (κ1) is 31.9. The molecule has 0 fully saturated rings. The summed E-state index contributed by atoms with van der Waals surface area (Å²) in [6.45, 7) is 3.57. The van der Waals surface area contributed by atoms with Gasteiger partial charge in [-0.3, -0.25) is 14.4 Å². The Bertz CT molecular complexity index is 1710. The molecule has 44 heavy (non-hydrogen) atoms. The van der Waals surface area contributed by atoms with Crippen molar-refractivity contribution < 1.29 is 18.9 Å². The number of hydrogen-bond donors (Lipinski definition) is 1. The second kappa shape index (κ2) is 13.5. The van der Waals surface area contributed by atoms with Crippen LogP contribution in [0.3, 0.4) is 0 Å². The summed E-state index contributed by atoms with van der Waals surface area (Å²) in [5.74, 6) is -1.15. The zero-order chi connectivity index (χ0) is 32.0. The zero-order valence-corrected chi connectivity index (χ0v) is 25.9. The first-order chi connectivity index (χ1) is 20.8. The van der Waals surface area contributed by atoms with Crippen LogP contribution in [0.2, 0.25) is 0 Å². The molecule has 0 radical (unpaired) electrons. The van der Waals surface area contributed by atoms with E-state index in [1.54, 1.807) is 60.3 Å². The Labute approximate surface area is 257 Å². The fourth-order valence-corrected chi connectivity index (χ4v) is 4.70. The second-order valence-corrected chi connectivity index (χ2v) is 11.7. The highest BCUT2D eigenvalue weighted by atomic mass is 16.5. The number of benzene rings is 2. The van der Waals surface area contributed by atoms with Crippen LogP contribution in [0, 0.1) is 0 Å². The fourth-order valence-electron chi connectivity index (χ4n) is 4.70. The van der Waals surface area contributed by atoms with E-state index in [4.69, 9.17) is 10.3 Å². The van der Waals surface area contributed by atoms with Gasteiger partial charge in [-0.05, 0) is 54.0 Å². The number of aromatic nitrogens is 2. The van der Waals surface area contributed by atoms with Gasteiger partial charge in [-0.25, -0.2) is 0 Å². The van der Waals surface area contributed by atoms with Crippen molar-refractivity contribution in [1.29, 1.82) is 0 Å². The SMILES string of the molecule is CN(C)C(=O)c1noc(C(CC2=CC=C=C=C2)N(C)C(=O)[C@@H](Cc2ccc3ccccc3c2)N(C)C(=O)/C=C/C(C)(C)N)n1. The molecule has 0 saturated heterocycles. The van der Waals surface area contributed by atoms with E-state index < -0.39 is 23.5 Å². The zero-order valence-electron chi connectivity index (χ0n) is 25.9. The highest BCUT2D eigenvalue weighted by Gasteiger charge is 2.35. The van der Waals surface area contributed by atoms with Gasteiger partial charge in [0, 0.05) is 52.6 Å². The van der Waals surface area contributed by atoms with Gasteiger partial charge in [-0.1, -0.05) is 65.2 Å². The molecule has 3 amide bonds. The smallest absolute Gasteiger partial charge is 0.294 e. The normalized spacial score (nSPS) is 14.0. The summed E-state index contributed by atoms with van der Waals surface area (Å²) in [6.07, 6.45) is 8.90. The minimum absolute atomic E-state index is 0.0992. The van der Waals surface area contributed by atoms with E-state index in [-0.39, 0.29) is 30.0 Å². The van der Waals surface area contributed by atoms with Crippen LogP contribution < -0.4 is 5.73 Å². The Hall–Kier alpha value is -5.01. The Kier molecular flexibility index (Phi) is 9.81. The first-order valence-electron chi connectivity index (χ1n) is 14.2. The molecule has 2 N–H and O–H groups in total. The van der Waals surface area contributed by atoms with E-state index in [9.17, 15) is 14.4 Å². The quantitative estimate of drug-likeness (QED) is 0.263. The van der Waals surface area contributed by atoms with E-state index in [0.29, 0.717) is 6.42 Å². The molecule has 3 aromatic rings. The summed E-state index contributed by atoms with van der Waals surface area (Å²) >= 11 is 0. The van der Waals surface area contributed by atoms with Crippen LogP contribution in [0.5, 0.6) is 0 Å². The monoisotopic (exact) mass is 594 g/mol. The third-order valence-corrected chi connectivity index (χ3v) is 7.29. The van der Waals surface area contributed by atoms with Crippen molar-refractivity contribution >= 4 is 28.5 Å². The second-order valence-electron chi connectivity index (χ2n) is 11.7. The number of carbonyl (C=O) groups is 3. The van der Waals surface area contributed by atoms with Gasteiger partial charge in [0.15, 0.2) is 0 Å². The molecular weight excluding hydrogens is 556 g/mol. The summed E-state index contributed by atoms with van der Waals surface area (Å²) in [6, 6.07) is 12.3. The lowest BCUT2D eigenvalue weighted by Crippen LogP contribution is -2.50. The third-order valence-electron chi connectivity index (χ3n) is 7.29. The molecular formula is C34H38N6O4. The molecule has 0 saturated carbocycles. The van der Waals surface area contributed by atoms with Crippen molar-refractivity contribution in [2.45, 2.75) is 44.3 Å². The molecule has 1 heterocycles. The van der Waals surface area contributed by atoms with Gasteiger partial charge in [0.2, 0.25) is 17.7 Å². The molecule has 4 rings (SSSR count). The van der Waals surface area contributed by atoms with Crippen LogP contribution in [0.4, 0.5) is 0 Å². The van der Waals surface area contributed by atoms with Crippen LogP contribution in [-0.2, 0) is 16.0 Å². The summed E-state index contributed by atoms with van der Waals surface area (Å²) in [5.41, 5.74) is 12.9. The molecule has 228 valence electrons. The molecule has 0 aliphatic heterocycles. The van der Waals surface area contributed by atoms with Crippen molar-refractivity contribution in [3.05, 3.63) is 107 Å². The molecule has 1 unspecified atom stereocenters. The van der Waals surface area contributed by atoms with E-state index in [0.717, 1.165) is 21.9 Å². The molecule has 10 nitrogen and oxygen atoms in total. The van der Waals surface area contributed by atoms with E-state index in [1.807, 2.05) is 48.5 Å². The van der Waals surface area contributed by atoms with Gasteiger partial charge >= 0.3 is 0 Å². The van der Waals surface area contributed by atoms with Crippen molar-refractivity contribution in [3.63, 3.8) is 0 Å². The predicted octanol–water partition coefficient (Wildman–Crippen LogP) is 3.98. The van der Waals surface area contributed by atoms with E-state index in [1.165, 1.54) is 20.8 Å². The standard InChI is InChI=1S/C34H38N6O4/c1-34(2,35)19-18-29(41)39(5)28(22-24-16-17-25-14-10-11-15-26(25)20-24)32(42)40(6)27(21-23-12-8-7-9-13-23)31-36-30(37-44-31)33(43)38(3)4/h8,10-20,27-28H,21-22,35H2,1-6H3/b19-18+/t27?,28-/m1/s1. The molecule has 0 bridgehead atoms. The molecule has 2 atom stereocenters. The highest BCUT2D eigenvalue weighted by molar-refractivity contribution is 5.93. The Morgan fingerprint density at radius 2 is 1.73 bits per heavy atom. The predicted molar refractivity (Wildman–Crippen MR) is 168 cm³/mol. The molecule has 2 aromatic carbocycles. The maximum atomic E-state index is 14.4. The lowest BCUT2D eigenvalue weighted by Gasteiger charge is -2.33. The van der Waals surface area contributed by atoms with Crippen LogP contribution in [-0.4, -0.2) is 82.3 Å². The molecule has 1 aliphatic rings. The van der Waals surface area contributed by atoms with E-state index >= 15 is 0 Å². The lowest BCUT2D eigenvalue weighted by molar-refractivity contribution is -0.143. The van der Waals surface area contributed by atoms with Gasteiger partial charge in [-0.2, -0.15) is 4.98 Å². The number of nitrogens with zero attached hydrogens (tertiary/aromatic N) is 5. The Morgan fingerprint density at radius 1 is 1.00 bits per heavy atom. The molecule has 10 heteroatoms. The topological polar surface area (TPSA) is 126 Å². The maximum Gasteiger partial charge on any atom is 0.294 e. The number of carbonyl (C=O) groups excluding carboxylic acids is 3. The van der Waals surface area contributed by atoms with Crippen molar-refractivity contribution in [2.24, 2.45) is 5.73 Å². The number of likely N-dealkylation sites (N-methyl/N-ethyl adjacent to an activating group) is 2. The highest BCUT2D eigenvalue weighted by Crippen LogP contribution is 2.29. The van der Waals surface area contributed by atoms with Crippen molar-refractivity contribution in [1.82, 2.24) is 24.8 Å². The Morgan fingerprint density at radius 3 is 2.39 bits per heavy atom. The largest absolute Gasteiger partial charge is 0.342 e. The Balaban J connectivity index is 1.71. The number of nitrogens with two attached hydrogens (primary N) is 1. The van der Waals surface area contributed by atoms with Crippen molar-refractivity contribution in [3.8, 4) is 0 Å². The van der Waals surface area contributed by atoms with Gasteiger partial charge in [0.1, 0.15) is 12.1 Å². The molecule has 0 spiro atoms. The van der Waals surface area contributed by atoms with Crippen LogP contribution in [0.15, 0.2) is 94.4 Å². The average Bonchev–Trinajstić information content (AvgIpc) is 3.50. The number of rotatable bonds is 11. The number of allylic oxidation sites excluding steroid dienone is 3. The van der Waals surface area contributed by atoms with Gasteiger partial charge in [0.05, 0.1) is 0 Å². The van der Waals surface area contributed by atoms with Crippen LogP contribution >= 0.6 is 0 Å². The summed E-state index contributed by atoms with van der Waals surface area (Å²) in [5, 5.41) is 5.98. The van der Waals surface area contributed by atoms with Crippen LogP contribution in [0.25, 0.3) is 10.8 Å². The molecule has 1 aliphatic carbocycles. The van der Waals surface area contributed by atoms with Crippen LogP contribution in [0.1, 0.15) is 48.4 Å². The summed E-state index contributed by atoms with van der Waals surface area (Å²) in [4.78, 5) is 48.9. The third kappa shape index (κ3) is 7.88. The lowest BCUT2D eigenvalue weighted by atomic mass is 9.98. The minimum Gasteiger partial charge on any atom is -0.342 e. The summed E-state index contributed by atoms with van der Waals surface area (Å²) in [7, 11) is 6.41. The number of hydrogen-bond acceptors (Lipinski definition) is 7. The minimum atomic E-state index is -0.886. The number of fused-ring (bicyclic) bond motifs is 1. The van der Waals surface area contributed by atoms with Gasteiger partial charge in [-0.15, -0.1) is 0 Å².